The van der Waals surface area contributed by atoms with Gasteiger partial charge in [-0.1, -0.05) is 43.6 Å². The van der Waals surface area contributed by atoms with Gasteiger partial charge in [0.15, 0.2) is 0 Å². The number of rotatable bonds is 4. The highest BCUT2D eigenvalue weighted by atomic mass is 35.5. The van der Waals surface area contributed by atoms with Crippen molar-refractivity contribution in [2.45, 2.75) is 39.7 Å². The molecule has 0 radical (unpaired) electrons. The maximum Gasteiger partial charge on any atom is 0.132 e. The van der Waals surface area contributed by atoms with Gasteiger partial charge in [-0.3, -0.25) is 0 Å². The highest BCUT2D eigenvalue weighted by Gasteiger charge is 2.13. The van der Waals surface area contributed by atoms with Crippen molar-refractivity contribution >= 4 is 11.6 Å². The molecule has 0 fully saturated rings. The number of hydrogen-bond donors (Lipinski definition) is 1. The minimum absolute atomic E-state index is 0.0709. The van der Waals surface area contributed by atoms with Crippen molar-refractivity contribution in [1.82, 2.24) is 0 Å². The van der Waals surface area contributed by atoms with Crippen LogP contribution in [0.4, 0.5) is 0 Å². The lowest BCUT2D eigenvalue weighted by molar-refractivity contribution is 0.467. The first kappa shape index (κ1) is 15.9. The van der Waals surface area contributed by atoms with Gasteiger partial charge in [0, 0.05) is 16.6 Å². The summed E-state index contributed by atoms with van der Waals surface area (Å²) in [5, 5.41) is 0.787. The maximum absolute atomic E-state index is 6.31. The summed E-state index contributed by atoms with van der Waals surface area (Å²) in [6.07, 6.45) is 0. The van der Waals surface area contributed by atoms with E-state index in [4.69, 9.17) is 22.1 Å². The lowest BCUT2D eigenvalue weighted by Gasteiger charge is -2.17. The molecule has 1 atom stereocenters. The number of aryl methyl sites for hydroxylation is 1. The molecule has 0 aliphatic rings. The van der Waals surface area contributed by atoms with Crippen LogP contribution in [0.3, 0.4) is 0 Å². The van der Waals surface area contributed by atoms with Crippen LogP contribution in [0, 0.1) is 6.92 Å². The number of ether oxygens (including phenoxy) is 1. The predicted octanol–water partition coefficient (Wildman–Crippen LogP) is 5.58. The summed E-state index contributed by atoms with van der Waals surface area (Å²) in [6, 6.07) is 11.8. The molecule has 112 valence electrons. The molecule has 0 amide bonds. The molecule has 0 saturated carbocycles. The average Bonchev–Trinajstić information content (AvgIpc) is 2.41. The molecule has 3 heteroatoms. The summed E-state index contributed by atoms with van der Waals surface area (Å²) in [5.74, 6) is 1.98. The number of halogens is 1. The Morgan fingerprint density at radius 3 is 2.29 bits per heavy atom. The molecule has 21 heavy (non-hydrogen) atoms. The van der Waals surface area contributed by atoms with Crippen LogP contribution >= 0.6 is 11.6 Å². The summed E-state index contributed by atoms with van der Waals surface area (Å²) in [4.78, 5) is 0. The van der Waals surface area contributed by atoms with Crippen LogP contribution in [0.5, 0.6) is 11.5 Å². The smallest absolute Gasteiger partial charge is 0.132 e. The number of nitrogens with two attached hydrogens (primary N) is 1. The molecular formula is C18H22ClNO. The first-order chi connectivity index (χ1) is 9.90. The molecule has 0 unspecified atom stereocenters. The van der Waals surface area contributed by atoms with Crippen LogP contribution in [0.25, 0.3) is 0 Å². The fraction of sp³-hybridized carbons (Fsp3) is 0.333. The number of hydrogen-bond acceptors (Lipinski definition) is 2. The van der Waals surface area contributed by atoms with Crippen LogP contribution in [-0.2, 0) is 0 Å². The molecule has 2 nitrogen and oxygen atoms in total. The van der Waals surface area contributed by atoms with Crippen LogP contribution < -0.4 is 10.5 Å². The van der Waals surface area contributed by atoms with Crippen molar-refractivity contribution in [3.8, 4) is 11.5 Å². The molecule has 0 aliphatic carbocycles. The van der Waals surface area contributed by atoms with Crippen LogP contribution in [-0.4, -0.2) is 0 Å². The molecule has 0 spiro atoms. The zero-order valence-electron chi connectivity index (χ0n) is 13.0. The van der Waals surface area contributed by atoms with Crippen molar-refractivity contribution in [3.05, 3.63) is 58.1 Å². The lowest BCUT2D eigenvalue weighted by Crippen LogP contribution is -2.06. The van der Waals surface area contributed by atoms with E-state index >= 15 is 0 Å². The first-order valence-corrected chi connectivity index (χ1v) is 7.60. The van der Waals surface area contributed by atoms with E-state index in [0.29, 0.717) is 5.92 Å². The lowest BCUT2D eigenvalue weighted by atomic mass is 10.0. The summed E-state index contributed by atoms with van der Waals surface area (Å²) in [7, 11) is 0. The highest BCUT2D eigenvalue weighted by Crippen LogP contribution is 2.35. The fourth-order valence-electron chi connectivity index (χ4n) is 2.29. The third kappa shape index (κ3) is 3.58. The Morgan fingerprint density at radius 1 is 1.00 bits per heavy atom. The second-order valence-corrected chi connectivity index (χ2v) is 6.13. The largest absolute Gasteiger partial charge is 0.457 e. The quantitative estimate of drug-likeness (QED) is 0.799. The summed E-state index contributed by atoms with van der Waals surface area (Å²) >= 11 is 6.31. The highest BCUT2D eigenvalue weighted by molar-refractivity contribution is 6.31. The standard InChI is InChI=1S/C18H22ClNO/c1-11(2)15-10-18(12(3)9-16(15)19)21-17-8-6-5-7-14(17)13(4)20/h5-11,13H,20H2,1-4H3/t13-/m0/s1. The Labute approximate surface area is 131 Å². The minimum atomic E-state index is -0.0709. The fourth-order valence-corrected chi connectivity index (χ4v) is 2.73. The van der Waals surface area contributed by atoms with Gasteiger partial charge < -0.3 is 10.5 Å². The van der Waals surface area contributed by atoms with E-state index in [-0.39, 0.29) is 6.04 Å². The molecule has 0 aliphatic heterocycles. The normalized spacial score (nSPS) is 12.5. The molecule has 2 aromatic carbocycles. The van der Waals surface area contributed by atoms with Gasteiger partial charge in [0.1, 0.15) is 11.5 Å². The van der Waals surface area contributed by atoms with Crippen LogP contribution in [0.2, 0.25) is 5.02 Å². The molecule has 2 N–H and O–H groups in total. The third-order valence-corrected chi connectivity index (χ3v) is 3.87. The van der Waals surface area contributed by atoms with Crippen molar-refractivity contribution in [1.29, 1.82) is 0 Å². The Kier molecular flexibility index (Phi) is 4.92. The van der Waals surface area contributed by atoms with E-state index in [2.05, 4.69) is 13.8 Å². The summed E-state index contributed by atoms with van der Waals surface area (Å²) in [5.41, 5.74) is 9.12. The predicted molar refractivity (Wildman–Crippen MR) is 89.4 cm³/mol. The molecule has 2 rings (SSSR count). The van der Waals surface area contributed by atoms with Crippen molar-refractivity contribution < 1.29 is 4.74 Å². The Hall–Kier alpha value is -1.51. The minimum Gasteiger partial charge on any atom is -0.457 e. The molecule has 2 aromatic rings. The van der Waals surface area contributed by atoms with Gasteiger partial charge in [-0.05, 0) is 49.1 Å². The van der Waals surface area contributed by atoms with E-state index < -0.39 is 0 Å². The summed E-state index contributed by atoms with van der Waals surface area (Å²) < 4.78 is 6.11. The van der Waals surface area contributed by atoms with E-state index in [0.717, 1.165) is 33.2 Å². The Bertz CT molecular complexity index is 635. The van der Waals surface area contributed by atoms with Gasteiger partial charge >= 0.3 is 0 Å². The van der Waals surface area contributed by atoms with Crippen molar-refractivity contribution in [2.75, 3.05) is 0 Å². The van der Waals surface area contributed by atoms with Gasteiger partial charge in [0.2, 0.25) is 0 Å². The van der Waals surface area contributed by atoms with E-state index in [9.17, 15) is 0 Å². The van der Waals surface area contributed by atoms with Gasteiger partial charge in [0.05, 0.1) is 0 Å². The topological polar surface area (TPSA) is 35.2 Å². The Balaban J connectivity index is 2.43. The van der Waals surface area contributed by atoms with Crippen LogP contribution in [0.15, 0.2) is 36.4 Å². The molecule has 0 saturated heterocycles. The zero-order chi connectivity index (χ0) is 15.6. The average molecular weight is 304 g/mol. The van der Waals surface area contributed by atoms with Gasteiger partial charge in [0.25, 0.3) is 0 Å². The summed E-state index contributed by atoms with van der Waals surface area (Å²) in [6.45, 7) is 8.20. The number of benzene rings is 2. The molecular weight excluding hydrogens is 282 g/mol. The molecule has 0 bridgehead atoms. The Morgan fingerprint density at radius 2 is 1.67 bits per heavy atom. The number of para-hydroxylation sites is 1. The second kappa shape index (κ2) is 6.50. The van der Waals surface area contributed by atoms with E-state index in [1.54, 1.807) is 0 Å². The van der Waals surface area contributed by atoms with Crippen LogP contribution in [0.1, 0.15) is 49.4 Å². The maximum atomic E-state index is 6.31. The van der Waals surface area contributed by atoms with Gasteiger partial charge in [-0.25, -0.2) is 0 Å². The SMILES string of the molecule is Cc1cc(Cl)c(C(C)C)cc1Oc1ccccc1[C@H](C)N. The second-order valence-electron chi connectivity index (χ2n) is 5.72. The van der Waals surface area contributed by atoms with Crippen molar-refractivity contribution in [3.63, 3.8) is 0 Å². The van der Waals surface area contributed by atoms with E-state index in [1.807, 2.05) is 50.2 Å². The van der Waals surface area contributed by atoms with Gasteiger partial charge in [-0.15, -0.1) is 0 Å². The monoisotopic (exact) mass is 303 g/mol. The molecule has 0 heterocycles. The zero-order valence-corrected chi connectivity index (χ0v) is 13.7. The van der Waals surface area contributed by atoms with Crippen molar-refractivity contribution in [2.24, 2.45) is 5.73 Å². The molecule has 0 aromatic heterocycles. The van der Waals surface area contributed by atoms with Gasteiger partial charge in [-0.2, -0.15) is 0 Å². The third-order valence-electron chi connectivity index (χ3n) is 3.55. The van der Waals surface area contributed by atoms with E-state index in [1.165, 1.54) is 0 Å². The first-order valence-electron chi connectivity index (χ1n) is 7.22.